The van der Waals surface area contributed by atoms with E-state index in [0.717, 1.165) is 11.7 Å². The smallest absolute Gasteiger partial charge is 0.0367 e. The molecule has 3 heteroatoms. The van der Waals surface area contributed by atoms with E-state index >= 15 is 0 Å². The van der Waals surface area contributed by atoms with Gasteiger partial charge in [0.1, 0.15) is 0 Å². The summed E-state index contributed by atoms with van der Waals surface area (Å²) in [6, 6.07) is 9.01. The average Bonchev–Trinajstić information content (AvgIpc) is 2.46. The Morgan fingerprint density at radius 3 is 2.67 bits per heavy atom. The molecule has 0 aromatic heterocycles. The summed E-state index contributed by atoms with van der Waals surface area (Å²) in [6.45, 7) is 6.76. The molecule has 2 N–H and O–H groups in total. The van der Waals surface area contributed by atoms with Crippen LogP contribution in [0.2, 0.25) is 0 Å². The predicted molar refractivity (Wildman–Crippen MR) is 82.4 cm³/mol. The van der Waals surface area contributed by atoms with Gasteiger partial charge in [-0.1, -0.05) is 26.0 Å². The highest BCUT2D eigenvalue weighted by Crippen LogP contribution is 2.26. The van der Waals surface area contributed by atoms with Crippen molar-refractivity contribution in [1.82, 2.24) is 0 Å². The SMILES string of the molecule is CCC1CN(c2ccc([C@H](N)CC)cc2)CCS1. The zero-order valence-corrected chi connectivity index (χ0v) is 12.2. The molecule has 1 unspecified atom stereocenters. The molecule has 0 amide bonds. The molecule has 1 aromatic rings. The first-order valence-electron chi connectivity index (χ1n) is 6.96. The van der Waals surface area contributed by atoms with E-state index in [0.29, 0.717) is 0 Å². The summed E-state index contributed by atoms with van der Waals surface area (Å²) in [7, 11) is 0. The van der Waals surface area contributed by atoms with Gasteiger partial charge in [-0.15, -0.1) is 0 Å². The van der Waals surface area contributed by atoms with Gasteiger partial charge in [-0.3, -0.25) is 0 Å². The first-order valence-corrected chi connectivity index (χ1v) is 8.01. The van der Waals surface area contributed by atoms with Crippen LogP contribution in [0.1, 0.15) is 38.3 Å². The monoisotopic (exact) mass is 264 g/mol. The second kappa shape index (κ2) is 6.48. The molecule has 2 rings (SSSR count). The van der Waals surface area contributed by atoms with Crippen LogP contribution in [0.25, 0.3) is 0 Å². The Hall–Kier alpha value is -0.670. The highest BCUT2D eigenvalue weighted by molar-refractivity contribution is 8.00. The maximum absolute atomic E-state index is 6.05. The van der Waals surface area contributed by atoms with Crippen LogP contribution in [0.4, 0.5) is 5.69 Å². The van der Waals surface area contributed by atoms with E-state index in [1.165, 1.54) is 36.5 Å². The number of hydrogen-bond donors (Lipinski definition) is 1. The molecular weight excluding hydrogens is 240 g/mol. The number of hydrogen-bond acceptors (Lipinski definition) is 3. The second-order valence-corrected chi connectivity index (χ2v) is 6.36. The number of nitrogens with zero attached hydrogens (tertiary/aromatic N) is 1. The summed E-state index contributed by atoms with van der Waals surface area (Å²) in [5.41, 5.74) is 8.65. The van der Waals surface area contributed by atoms with Crippen molar-refractivity contribution in [3.05, 3.63) is 29.8 Å². The fraction of sp³-hybridized carbons (Fsp3) is 0.600. The average molecular weight is 264 g/mol. The molecule has 1 saturated heterocycles. The molecule has 0 bridgehead atoms. The van der Waals surface area contributed by atoms with Crippen molar-refractivity contribution in [1.29, 1.82) is 0 Å². The van der Waals surface area contributed by atoms with Crippen LogP contribution in [0.3, 0.4) is 0 Å². The van der Waals surface area contributed by atoms with E-state index in [2.05, 4.69) is 54.8 Å². The van der Waals surface area contributed by atoms with Crippen molar-refractivity contribution in [3.63, 3.8) is 0 Å². The molecule has 1 aromatic carbocycles. The van der Waals surface area contributed by atoms with E-state index in [1.54, 1.807) is 0 Å². The molecule has 0 aliphatic carbocycles. The van der Waals surface area contributed by atoms with E-state index in [9.17, 15) is 0 Å². The van der Waals surface area contributed by atoms with Crippen molar-refractivity contribution < 1.29 is 0 Å². The fourth-order valence-corrected chi connectivity index (χ4v) is 3.55. The lowest BCUT2D eigenvalue weighted by Crippen LogP contribution is -2.37. The molecule has 1 aliphatic rings. The van der Waals surface area contributed by atoms with Crippen LogP contribution >= 0.6 is 11.8 Å². The Labute approximate surface area is 115 Å². The second-order valence-electron chi connectivity index (χ2n) is 4.95. The van der Waals surface area contributed by atoms with Crippen molar-refractivity contribution in [2.75, 3.05) is 23.7 Å². The quantitative estimate of drug-likeness (QED) is 0.903. The summed E-state index contributed by atoms with van der Waals surface area (Å²) in [6.07, 6.45) is 2.26. The molecule has 18 heavy (non-hydrogen) atoms. The highest BCUT2D eigenvalue weighted by Gasteiger charge is 2.19. The lowest BCUT2D eigenvalue weighted by molar-refractivity contribution is 0.697. The van der Waals surface area contributed by atoms with Crippen LogP contribution in [-0.4, -0.2) is 24.1 Å². The molecule has 100 valence electrons. The fourth-order valence-electron chi connectivity index (χ4n) is 2.37. The zero-order chi connectivity index (χ0) is 13.0. The number of thioether (sulfide) groups is 1. The van der Waals surface area contributed by atoms with Crippen molar-refractivity contribution in [3.8, 4) is 0 Å². The number of rotatable bonds is 4. The van der Waals surface area contributed by atoms with Gasteiger partial charge < -0.3 is 10.6 Å². The number of anilines is 1. The third kappa shape index (κ3) is 3.21. The minimum absolute atomic E-state index is 0.180. The molecule has 2 atom stereocenters. The summed E-state index contributed by atoms with van der Waals surface area (Å²) >= 11 is 2.11. The van der Waals surface area contributed by atoms with Crippen LogP contribution < -0.4 is 10.6 Å². The van der Waals surface area contributed by atoms with E-state index in [1.807, 2.05) is 0 Å². The lowest BCUT2D eigenvalue weighted by Gasteiger charge is -2.33. The maximum Gasteiger partial charge on any atom is 0.0367 e. The van der Waals surface area contributed by atoms with Crippen LogP contribution in [0.15, 0.2) is 24.3 Å². The molecule has 0 spiro atoms. The van der Waals surface area contributed by atoms with Gasteiger partial charge in [0.2, 0.25) is 0 Å². The van der Waals surface area contributed by atoms with Gasteiger partial charge >= 0.3 is 0 Å². The molecule has 2 nitrogen and oxygen atoms in total. The van der Waals surface area contributed by atoms with Crippen LogP contribution in [-0.2, 0) is 0 Å². The molecular formula is C15H24N2S. The normalized spacial score (nSPS) is 21.9. The number of nitrogens with two attached hydrogens (primary N) is 1. The summed E-state index contributed by atoms with van der Waals surface area (Å²) in [4.78, 5) is 2.51. The van der Waals surface area contributed by atoms with E-state index in [4.69, 9.17) is 5.73 Å². The molecule has 1 heterocycles. The molecule has 0 saturated carbocycles. The minimum atomic E-state index is 0.180. The first-order chi connectivity index (χ1) is 8.74. The maximum atomic E-state index is 6.05. The van der Waals surface area contributed by atoms with Crippen molar-refractivity contribution in [2.24, 2.45) is 5.73 Å². The standard InChI is InChI=1S/C15H24N2S/c1-3-14-11-17(9-10-18-14)13-7-5-12(6-8-13)15(16)4-2/h5-8,14-15H,3-4,9-11,16H2,1-2H3/t14?,15-/m1/s1. The Morgan fingerprint density at radius 1 is 1.33 bits per heavy atom. The van der Waals surface area contributed by atoms with Gasteiger partial charge in [0.05, 0.1) is 0 Å². The highest BCUT2D eigenvalue weighted by atomic mass is 32.2. The van der Waals surface area contributed by atoms with E-state index in [-0.39, 0.29) is 6.04 Å². The number of benzene rings is 1. The van der Waals surface area contributed by atoms with Gasteiger partial charge in [0, 0.05) is 35.8 Å². The summed E-state index contributed by atoms with van der Waals surface area (Å²) in [5.74, 6) is 1.24. The van der Waals surface area contributed by atoms with Gasteiger partial charge in [0.15, 0.2) is 0 Å². The van der Waals surface area contributed by atoms with Crippen molar-refractivity contribution in [2.45, 2.75) is 38.0 Å². The van der Waals surface area contributed by atoms with E-state index < -0.39 is 0 Å². The Kier molecular flexibility index (Phi) is 4.95. The van der Waals surface area contributed by atoms with Gasteiger partial charge in [-0.05, 0) is 30.5 Å². The van der Waals surface area contributed by atoms with Crippen LogP contribution in [0.5, 0.6) is 0 Å². The van der Waals surface area contributed by atoms with Gasteiger partial charge in [-0.25, -0.2) is 0 Å². The third-order valence-electron chi connectivity index (χ3n) is 3.72. The molecule has 1 aliphatic heterocycles. The molecule has 1 fully saturated rings. The lowest BCUT2D eigenvalue weighted by atomic mass is 10.0. The van der Waals surface area contributed by atoms with Crippen LogP contribution in [0, 0.1) is 0 Å². The zero-order valence-electron chi connectivity index (χ0n) is 11.4. The first kappa shape index (κ1) is 13.8. The molecule has 0 radical (unpaired) electrons. The van der Waals surface area contributed by atoms with Gasteiger partial charge in [-0.2, -0.15) is 11.8 Å². The Morgan fingerprint density at radius 2 is 2.06 bits per heavy atom. The van der Waals surface area contributed by atoms with Crippen molar-refractivity contribution >= 4 is 17.4 Å². The third-order valence-corrected chi connectivity index (χ3v) is 5.09. The topological polar surface area (TPSA) is 29.3 Å². The Balaban J connectivity index is 2.04. The summed E-state index contributed by atoms with van der Waals surface area (Å²) < 4.78 is 0. The summed E-state index contributed by atoms with van der Waals surface area (Å²) in [5, 5.41) is 0.788. The van der Waals surface area contributed by atoms with Gasteiger partial charge in [0.25, 0.3) is 0 Å². The predicted octanol–water partition coefficient (Wildman–Crippen LogP) is 3.43. The largest absolute Gasteiger partial charge is 0.370 e. The minimum Gasteiger partial charge on any atom is -0.370 e. The Bertz CT molecular complexity index is 363.